The highest BCUT2D eigenvalue weighted by Gasteiger charge is 2.23. The molecule has 0 saturated heterocycles. The van der Waals surface area contributed by atoms with E-state index >= 15 is 0 Å². The van der Waals surface area contributed by atoms with Crippen LogP contribution in [0.1, 0.15) is 16.8 Å². The molecule has 182 valence electrons. The summed E-state index contributed by atoms with van der Waals surface area (Å²) in [4.78, 5) is 4.32. The van der Waals surface area contributed by atoms with Crippen molar-refractivity contribution >= 4 is 10.0 Å². The minimum Gasteiger partial charge on any atom is -0.353 e. The monoisotopic (exact) mass is 504 g/mol. The molecule has 0 bridgehead atoms. The van der Waals surface area contributed by atoms with Gasteiger partial charge in [0, 0.05) is 22.9 Å². The molecule has 0 aliphatic heterocycles. The highest BCUT2D eigenvalue weighted by molar-refractivity contribution is 7.89. The van der Waals surface area contributed by atoms with Crippen molar-refractivity contribution in [2.75, 3.05) is 0 Å². The molecule has 0 aliphatic rings. The Bertz CT molecular complexity index is 1660. The summed E-state index contributed by atoms with van der Waals surface area (Å²) in [5.74, 6) is 0.0523. The molecule has 2 N–H and O–H groups in total. The van der Waals surface area contributed by atoms with Crippen molar-refractivity contribution < 1.29 is 17.3 Å². The molecule has 5 rings (SSSR count). The number of halogens is 1. The zero-order valence-corrected chi connectivity index (χ0v) is 20.2. The van der Waals surface area contributed by atoms with Crippen LogP contribution in [0.25, 0.3) is 33.8 Å². The van der Waals surface area contributed by atoms with Crippen molar-refractivity contribution in [1.82, 2.24) is 25.1 Å². The van der Waals surface area contributed by atoms with Crippen LogP contribution in [0.4, 0.5) is 4.39 Å². The van der Waals surface area contributed by atoms with Gasteiger partial charge >= 0.3 is 0 Å². The molecule has 5 aromatic rings. The van der Waals surface area contributed by atoms with Gasteiger partial charge in [-0.1, -0.05) is 52.8 Å². The number of aryl methyl sites for hydroxylation is 1. The largest absolute Gasteiger partial charge is 0.353 e. The van der Waals surface area contributed by atoms with Gasteiger partial charge in [-0.3, -0.25) is 4.98 Å². The fourth-order valence-electron chi connectivity index (χ4n) is 3.88. The third-order valence-corrected chi connectivity index (χ3v) is 6.75. The van der Waals surface area contributed by atoms with Gasteiger partial charge in [0.2, 0.25) is 10.0 Å². The van der Waals surface area contributed by atoms with Crippen LogP contribution >= 0.6 is 0 Å². The molecule has 0 amide bonds. The second-order valence-corrected chi connectivity index (χ2v) is 9.86. The predicted molar refractivity (Wildman–Crippen MR) is 131 cm³/mol. The average Bonchev–Trinajstić information content (AvgIpc) is 3.52. The Morgan fingerprint density at radius 1 is 1.03 bits per heavy atom. The Hall–Kier alpha value is -4.22. The number of rotatable bonds is 6. The van der Waals surface area contributed by atoms with Crippen LogP contribution in [-0.4, -0.2) is 33.6 Å². The molecule has 11 heteroatoms. The number of benzene rings is 2. The molecule has 2 aromatic carbocycles. The van der Waals surface area contributed by atoms with Crippen LogP contribution in [-0.2, 0) is 16.6 Å². The zero-order chi connectivity index (χ0) is 25.4. The quantitative estimate of drug-likeness (QED) is 0.368. The summed E-state index contributed by atoms with van der Waals surface area (Å²) >= 11 is 0. The maximum Gasteiger partial charge on any atom is 0.238 e. The summed E-state index contributed by atoms with van der Waals surface area (Å²) in [6, 6.07) is 15.5. The van der Waals surface area contributed by atoms with Crippen LogP contribution in [0.2, 0.25) is 0 Å². The number of primary sulfonamides is 1. The van der Waals surface area contributed by atoms with E-state index in [0.29, 0.717) is 45.1 Å². The van der Waals surface area contributed by atoms with Crippen LogP contribution < -0.4 is 5.14 Å². The first-order valence-electron chi connectivity index (χ1n) is 10.9. The molecule has 0 saturated carbocycles. The van der Waals surface area contributed by atoms with E-state index < -0.39 is 10.0 Å². The van der Waals surface area contributed by atoms with Gasteiger partial charge in [0.25, 0.3) is 0 Å². The molecule has 0 radical (unpaired) electrons. The number of nitrogens with two attached hydrogens (primary N) is 1. The van der Waals surface area contributed by atoms with E-state index in [2.05, 4.69) is 20.5 Å². The molecule has 0 spiro atoms. The second kappa shape index (κ2) is 9.10. The topological polar surface area (TPSA) is 130 Å². The Kier molecular flexibility index (Phi) is 5.94. The fraction of sp³-hybridized carbons (Fsp3) is 0.120. The number of hydrogen-bond acceptors (Lipinski definition) is 7. The van der Waals surface area contributed by atoms with Gasteiger partial charge < -0.3 is 4.52 Å². The molecule has 9 nitrogen and oxygen atoms in total. The molecule has 3 aromatic heterocycles. The molecule has 0 fully saturated rings. The van der Waals surface area contributed by atoms with Gasteiger partial charge in [-0.25, -0.2) is 22.6 Å². The van der Waals surface area contributed by atoms with Crippen molar-refractivity contribution in [3.05, 3.63) is 89.6 Å². The molecule has 0 unspecified atom stereocenters. The van der Waals surface area contributed by atoms with E-state index in [0.717, 1.165) is 5.56 Å². The SMILES string of the molecule is Cc1cnc(Cn2cc(-c3onc(-c4ccccc4)c3-c3ccc(S(N)(=O)=O)cc3)nn2)c(C)c1F. The predicted octanol–water partition coefficient (Wildman–Crippen LogP) is 4.11. The van der Waals surface area contributed by atoms with Crippen LogP contribution in [0.3, 0.4) is 0 Å². The van der Waals surface area contributed by atoms with Gasteiger partial charge in [0.15, 0.2) is 11.5 Å². The average molecular weight is 505 g/mol. The van der Waals surface area contributed by atoms with E-state index in [1.807, 2.05) is 30.3 Å². The van der Waals surface area contributed by atoms with Crippen molar-refractivity contribution in [3.63, 3.8) is 0 Å². The first kappa shape index (κ1) is 23.5. The Morgan fingerprint density at radius 3 is 2.44 bits per heavy atom. The highest BCUT2D eigenvalue weighted by Crippen LogP contribution is 2.39. The number of pyridine rings is 1. The normalized spacial score (nSPS) is 11.7. The second-order valence-electron chi connectivity index (χ2n) is 8.30. The number of sulfonamides is 1. The van der Waals surface area contributed by atoms with E-state index in [9.17, 15) is 12.8 Å². The van der Waals surface area contributed by atoms with Crippen molar-refractivity contribution in [2.24, 2.45) is 5.14 Å². The van der Waals surface area contributed by atoms with Crippen LogP contribution in [0.5, 0.6) is 0 Å². The molecule has 36 heavy (non-hydrogen) atoms. The lowest BCUT2D eigenvalue weighted by Gasteiger charge is -2.07. The smallest absolute Gasteiger partial charge is 0.238 e. The van der Waals surface area contributed by atoms with Gasteiger partial charge in [0.05, 0.1) is 28.9 Å². The van der Waals surface area contributed by atoms with Crippen molar-refractivity contribution in [3.8, 4) is 33.8 Å². The first-order chi connectivity index (χ1) is 17.2. The van der Waals surface area contributed by atoms with Crippen LogP contribution in [0, 0.1) is 19.7 Å². The van der Waals surface area contributed by atoms with E-state index in [4.69, 9.17) is 9.66 Å². The summed E-state index contributed by atoms with van der Waals surface area (Å²) in [5.41, 5.74) is 4.51. The lowest BCUT2D eigenvalue weighted by Crippen LogP contribution is -2.11. The van der Waals surface area contributed by atoms with E-state index in [1.54, 1.807) is 32.2 Å². The Labute approximate surface area is 206 Å². The summed E-state index contributed by atoms with van der Waals surface area (Å²) in [5, 5.41) is 17.9. The zero-order valence-electron chi connectivity index (χ0n) is 19.4. The third-order valence-electron chi connectivity index (χ3n) is 5.82. The minimum absolute atomic E-state index is 0.00957. The third kappa shape index (κ3) is 4.41. The minimum atomic E-state index is -3.85. The maximum atomic E-state index is 14.3. The van der Waals surface area contributed by atoms with Gasteiger partial charge in [0.1, 0.15) is 11.5 Å². The number of hydrogen-bond donors (Lipinski definition) is 1. The van der Waals surface area contributed by atoms with E-state index in [1.165, 1.54) is 23.0 Å². The Morgan fingerprint density at radius 2 is 1.75 bits per heavy atom. The van der Waals surface area contributed by atoms with Crippen molar-refractivity contribution in [1.29, 1.82) is 0 Å². The molecular formula is C25H21FN6O3S. The summed E-state index contributed by atoms with van der Waals surface area (Å²) in [6.45, 7) is 3.56. The maximum absolute atomic E-state index is 14.3. The van der Waals surface area contributed by atoms with Gasteiger partial charge in [-0.05, 0) is 31.5 Å². The van der Waals surface area contributed by atoms with Crippen LogP contribution in [0.15, 0.2) is 76.4 Å². The van der Waals surface area contributed by atoms with Gasteiger partial charge in [-0.15, -0.1) is 5.10 Å². The molecule has 3 heterocycles. The summed E-state index contributed by atoms with van der Waals surface area (Å²) in [7, 11) is -3.85. The highest BCUT2D eigenvalue weighted by atomic mass is 32.2. The summed E-state index contributed by atoms with van der Waals surface area (Å²) < 4.78 is 45.0. The fourth-order valence-corrected chi connectivity index (χ4v) is 4.40. The number of aromatic nitrogens is 5. The lowest BCUT2D eigenvalue weighted by molar-refractivity contribution is 0.434. The number of nitrogens with zero attached hydrogens (tertiary/aromatic N) is 5. The van der Waals surface area contributed by atoms with E-state index in [-0.39, 0.29) is 17.3 Å². The standard InChI is InChI=1S/C25H21FN6O3S/c1-15-12-28-20(16(2)23(15)26)13-32-14-21(29-31-32)25-22(17-8-10-19(11-9-17)36(27,33)34)24(30-35-25)18-6-4-3-5-7-18/h3-12,14H,13H2,1-2H3,(H2,27,33,34). The lowest BCUT2D eigenvalue weighted by atomic mass is 9.98. The molecule has 0 aliphatic carbocycles. The van der Waals surface area contributed by atoms with Gasteiger partial charge in [-0.2, -0.15) is 0 Å². The molecule has 0 atom stereocenters. The Balaban J connectivity index is 1.58. The summed E-state index contributed by atoms with van der Waals surface area (Å²) in [6.07, 6.45) is 3.15. The molecular weight excluding hydrogens is 483 g/mol. The van der Waals surface area contributed by atoms with Crippen molar-refractivity contribution in [2.45, 2.75) is 25.3 Å². The first-order valence-corrected chi connectivity index (χ1v) is 12.5.